The van der Waals surface area contributed by atoms with E-state index in [1.165, 1.54) is 18.4 Å². The first-order valence-corrected chi connectivity index (χ1v) is 10.4. The number of rotatable bonds is 13. The van der Waals surface area contributed by atoms with Gasteiger partial charge in [0.25, 0.3) is 0 Å². The van der Waals surface area contributed by atoms with Gasteiger partial charge < -0.3 is 24.8 Å². The van der Waals surface area contributed by atoms with Crippen molar-refractivity contribution in [3.63, 3.8) is 0 Å². The van der Waals surface area contributed by atoms with Crippen molar-refractivity contribution < 1.29 is 14.2 Å². The van der Waals surface area contributed by atoms with E-state index in [9.17, 15) is 0 Å². The first kappa shape index (κ1) is 22.5. The van der Waals surface area contributed by atoms with Crippen LogP contribution in [0.5, 0.6) is 5.75 Å². The van der Waals surface area contributed by atoms with Gasteiger partial charge in [0, 0.05) is 39.0 Å². The Kier molecular flexibility index (Phi) is 9.58. The molecular weight excluding hydrogens is 354 g/mol. The van der Waals surface area contributed by atoms with Gasteiger partial charge in [-0.25, -0.2) is 4.99 Å². The molecule has 0 aliphatic heterocycles. The molecule has 0 aromatic heterocycles. The predicted molar refractivity (Wildman–Crippen MR) is 114 cm³/mol. The summed E-state index contributed by atoms with van der Waals surface area (Å²) in [6, 6.07) is 6.27. The molecule has 2 N–H and O–H groups in total. The van der Waals surface area contributed by atoms with E-state index in [1.54, 1.807) is 7.11 Å². The molecule has 0 unspecified atom stereocenters. The van der Waals surface area contributed by atoms with Crippen molar-refractivity contribution in [2.24, 2.45) is 10.4 Å². The number of guanidine groups is 1. The minimum atomic E-state index is 0.379. The lowest BCUT2D eigenvalue weighted by atomic mass is 10.0. The second-order valence-corrected chi connectivity index (χ2v) is 7.45. The van der Waals surface area contributed by atoms with Crippen LogP contribution in [-0.4, -0.2) is 52.6 Å². The van der Waals surface area contributed by atoms with Gasteiger partial charge in [-0.2, -0.15) is 0 Å². The van der Waals surface area contributed by atoms with Crippen molar-refractivity contribution in [1.82, 2.24) is 10.6 Å². The van der Waals surface area contributed by atoms with E-state index >= 15 is 0 Å². The average Bonchev–Trinajstić information content (AvgIpc) is 3.47. The summed E-state index contributed by atoms with van der Waals surface area (Å²) in [5, 5.41) is 6.86. The van der Waals surface area contributed by atoms with E-state index in [0.29, 0.717) is 31.8 Å². The highest BCUT2D eigenvalue weighted by atomic mass is 16.5. The molecule has 0 saturated heterocycles. The Bertz CT molecular complexity index is 615. The summed E-state index contributed by atoms with van der Waals surface area (Å²) in [7, 11) is 1.77. The van der Waals surface area contributed by atoms with Crippen molar-refractivity contribution in [2.45, 2.75) is 46.6 Å². The van der Waals surface area contributed by atoms with E-state index in [4.69, 9.17) is 19.2 Å². The predicted octanol–water partition coefficient (Wildman–Crippen LogP) is 3.28. The maximum absolute atomic E-state index is 5.93. The summed E-state index contributed by atoms with van der Waals surface area (Å²) < 4.78 is 16.6. The first-order valence-electron chi connectivity index (χ1n) is 10.4. The van der Waals surface area contributed by atoms with Gasteiger partial charge in [0.2, 0.25) is 0 Å². The van der Waals surface area contributed by atoms with E-state index in [2.05, 4.69) is 42.7 Å². The Labute approximate surface area is 170 Å². The molecule has 1 aliphatic rings. The van der Waals surface area contributed by atoms with E-state index in [-0.39, 0.29) is 0 Å². The second kappa shape index (κ2) is 11.9. The molecule has 0 bridgehead atoms. The van der Waals surface area contributed by atoms with Crippen molar-refractivity contribution in [1.29, 1.82) is 0 Å². The molecule has 0 amide bonds. The number of nitrogens with one attached hydrogen (secondary N) is 2. The van der Waals surface area contributed by atoms with Crippen LogP contribution in [-0.2, 0) is 16.0 Å². The summed E-state index contributed by atoms with van der Waals surface area (Å²) in [4.78, 5) is 4.78. The van der Waals surface area contributed by atoms with Crippen LogP contribution < -0.4 is 15.4 Å². The number of methoxy groups -OCH3 is 1. The fraction of sp³-hybridized carbons (Fsp3) is 0.682. The molecule has 6 heteroatoms. The Hall–Kier alpha value is -1.79. The fourth-order valence-electron chi connectivity index (χ4n) is 3.07. The summed E-state index contributed by atoms with van der Waals surface area (Å²) in [5.74, 6) is 1.74. The molecule has 28 heavy (non-hydrogen) atoms. The first-order chi connectivity index (χ1) is 13.6. The maximum atomic E-state index is 5.93. The maximum Gasteiger partial charge on any atom is 0.191 e. The molecule has 0 spiro atoms. The highest BCUT2D eigenvalue weighted by Gasteiger charge is 2.41. The monoisotopic (exact) mass is 391 g/mol. The summed E-state index contributed by atoms with van der Waals surface area (Å²) in [5.41, 5.74) is 2.64. The highest BCUT2D eigenvalue weighted by molar-refractivity contribution is 5.79. The van der Waals surface area contributed by atoms with E-state index < -0.39 is 0 Å². The van der Waals surface area contributed by atoms with E-state index in [0.717, 1.165) is 43.4 Å². The molecule has 1 saturated carbocycles. The Morgan fingerprint density at radius 1 is 1.14 bits per heavy atom. The molecule has 1 aromatic rings. The fourth-order valence-corrected chi connectivity index (χ4v) is 3.07. The molecule has 0 atom stereocenters. The minimum Gasteiger partial charge on any atom is -0.491 e. The molecular formula is C22H37N3O3. The van der Waals surface area contributed by atoms with Crippen molar-refractivity contribution in [2.75, 3.05) is 46.6 Å². The van der Waals surface area contributed by atoms with Crippen molar-refractivity contribution in [3.8, 4) is 5.75 Å². The van der Waals surface area contributed by atoms with Crippen molar-refractivity contribution in [3.05, 3.63) is 29.3 Å². The van der Waals surface area contributed by atoms with Crippen LogP contribution >= 0.6 is 0 Å². The molecule has 1 fully saturated rings. The number of aryl methyl sites for hydroxylation is 1. The zero-order valence-electron chi connectivity index (χ0n) is 18.0. The van der Waals surface area contributed by atoms with Crippen LogP contribution in [0.4, 0.5) is 0 Å². The SMILES string of the molecule is CCNC(=NCc1ccc(C)cc1OCCOCC)NCC1(CCOC)CC1. The third-order valence-corrected chi connectivity index (χ3v) is 5.09. The topological polar surface area (TPSA) is 64.1 Å². The second-order valence-electron chi connectivity index (χ2n) is 7.45. The lowest BCUT2D eigenvalue weighted by Crippen LogP contribution is -2.40. The lowest BCUT2D eigenvalue weighted by Gasteiger charge is -2.18. The molecule has 0 heterocycles. The molecule has 1 aromatic carbocycles. The number of aliphatic imine (C=N–C) groups is 1. The normalized spacial score (nSPS) is 15.4. The van der Waals surface area contributed by atoms with Gasteiger partial charge in [-0.05, 0) is 57.1 Å². The van der Waals surface area contributed by atoms with Crippen LogP contribution in [0.3, 0.4) is 0 Å². The molecule has 2 rings (SSSR count). The van der Waals surface area contributed by atoms with Gasteiger partial charge in [0.05, 0.1) is 13.2 Å². The smallest absolute Gasteiger partial charge is 0.191 e. The quantitative estimate of drug-likeness (QED) is 0.307. The van der Waals surface area contributed by atoms with Gasteiger partial charge in [0.1, 0.15) is 12.4 Å². The van der Waals surface area contributed by atoms with Crippen LogP contribution in [0.25, 0.3) is 0 Å². The van der Waals surface area contributed by atoms with Gasteiger partial charge in [-0.1, -0.05) is 12.1 Å². The number of ether oxygens (including phenoxy) is 3. The van der Waals surface area contributed by atoms with Gasteiger partial charge in [-0.3, -0.25) is 0 Å². The number of benzene rings is 1. The molecule has 6 nitrogen and oxygen atoms in total. The molecule has 158 valence electrons. The Morgan fingerprint density at radius 2 is 1.96 bits per heavy atom. The third-order valence-electron chi connectivity index (χ3n) is 5.09. The van der Waals surface area contributed by atoms with Gasteiger partial charge >= 0.3 is 0 Å². The summed E-state index contributed by atoms with van der Waals surface area (Å²) >= 11 is 0. The lowest BCUT2D eigenvalue weighted by molar-refractivity contribution is 0.110. The summed E-state index contributed by atoms with van der Waals surface area (Å²) in [6.07, 6.45) is 3.63. The minimum absolute atomic E-state index is 0.379. The largest absolute Gasteiger partial charge is 0.491 e. The van der Waals surface area contributed by atoms with Crippen LogP contribution in [0.1, 0.15) is 44.2 Å². The third kappa shape index (κ3) is 7.68. The Balaban J connectivity index is 1.95. The van der Waals surface area contributed by atoms with Gasteiger partial charge in [0.15, 0.2) is 5.96 Å². The number of hydrogen-bond acceptors (Lipinski definition) is 4. The zero-order valence-corrected chi connectivity index (χ0v) is 18.0. The number of hydrogen-bond donors (Lipinski definition) is 2. The van der Waals surface area contributed by atoms with Crippen LogP contribution in [0.2, 0.25) is 0 Å². The van der Waals surface area contributed by atoms with Crippen molar-refractivity contribution >= 4 is 5.96 Å². The van der Waals surface area contributed by atoms with Crippen LogP contribution in [0.15, 0.2) is 23.2 Å². The van der Waals surface area contributed by atoms with Gasteiger partial charge in [-0.15, -0.1) is 0 Å². The average molecular weight is 392 g/mol. The molecule has 0 radical (unpaired) electrons. The standard InChI is InChI=1S/C22H37N3O3/c1-5-23-21(25-17-22(9-10-22)11-12-26-4)24-16-19-8-7-18(3)15-20(19)28-14-13-27-6-2/h7-8,15H,5-6,9-14,16-17H2,1-4H3,(H2,23,24,25). The molecule has 1 aliphatic carbocycles. The van der Waals surface area contributed by atoms with Crippen LogP contribution in [0, 0.1) is 12.3 Å². The Morgan fingerprint density at radius 3 is 2.64 bits per heavy atom. The van der Waals surface area contributed by atoms with E-state index in [1.807, 2.05) is 6.92 Å². The summed E-state index contributed by atoms with van der Waals surface area (Å²) in [6.45, 7) is 11.2. The highest BCUT2D eigenvalue weighted by Crippen LogP contribution is 2.48. The number of nitrogens with zero attached hydrogens (tertiary/aromatic N) is 1. The zero-order chi connectivity index (χ0) is 20.2.